The molecule has 0 radical (unpaired) electrons. The molecule has 1 heterocycles. The molecule has 1 saturated heterocycles. The van der Waals surface area contributed by atoms with E-state index in [0.29, 0.717) is 11.6 Å². The van der Waals surface area contributed by atoms with Crippen LogP contribution in [0.4, 0.5) is 5.69 Å². The normalized spacial score (nSPS) is 22.4. The lowest BCUT2D eigenvalue weighted by molar-refractivity contribution is -0.115. The first-order valence-corrected chi connectivity index (χ1v) is 6.31. The summed E-state index contributed by atoms with van der Waals surface area (Å²) in [6.07, 6.45) is 0.718. The number of hydrogen-bond donors (Lipinski definition) is 2. The van der Waals surface area contributed by atoms with Gasteiger partial charge in [0.05, 0.1) is 5.69 Å². The summed E-state index contributed by atoms with van der Waals surface area (Å²) in [5, 5.41) is 6.96. The Hall–Kier alpha value is -1.36. The molecule has 4 nitrogen and oxygen atoms in total. The Morgan fingerprint density at radius 1 is 1.41 bits per heavy atom. The van der Waals surface area contributed by atoms with Crippen molar-refractivity contribution in [1.29, 1.82) is 0 Å². The Morgan fingerprint density at radius 2 is 2.12 bits per heavy atom. The highest BCUT2D eigenvalue weighted by Crippen LogP contribution is 2.14. The largest absolute Gasteiger partial charge is 0.351 e. The lowest BCUT2D eigenvalue weighted by Gasteiger charge is -2.19. The third kappa shape index (κ3) is 3.30. The second-order valence-corrected chi connectivity index (χ2v) is 5.11. The molecule has 5 heteroatoms. The van der Waals surface area contributed by atoms with Gasteiger partial charge in [0.2, 0.25) is 0 Å². The summed E-state index contributed by atoms with van der Waals surface area (Å²) in [4.78, 5) is 11.5. The second kappa shape index (κ2) is 5.31. The van der Waals surface area contributed by atoms with E-state index in [9.17, 15) is 4.79 Å². The van der Waals surface area contributed by atoms with E-state index >= 15 is 0 Å². The molecular weight excluding hydrogens is 282 g/mol. The van der Waals surface area contributed by atoms with Crippen LogP contribution in [0.1, 0.15) is 13.3 Å². The number of halogens is 1. The van der Waals surface area contributed by atoms with Crippen LogP contribution in [0, 0.1) is 5.92 Å². The number of nitrogens with zero attached hydrogens (tertiary/aromatic N) is 1. The first kappa shape index (κ1) is 12.1. The third-order valence-electron chi connectivity index (χ3n) is 2.58. The second-order valence-electron chi connectivity index (χ2n) is 4.20. The Balaban J connectivity index is 2.04. The molecule has 17 heavy (non-hydrogen) atoms. The number of hydrazone groups is 1. The van der Waals surface area contributed by atoms with Gasteiger partial charge in [-0.1, -0.05) is 22.9 Å². The summed E-state index contributed by atoms with van der Waals surface area (Å²) < 4.78 is 1.01. The van der Waals surface area contributed by atoms with Crippen LogP contribution in [0.15, 0.2) is 33.8 Å². The predicted octanol–water partition coefficient (Wildman–Crippen LogP) is 2.37. The average molecular weight is 296 g/mol. The maximum Gasteiger partial charge on any atom is 0.267 e. The van der Waals surface area contributed by atoms with E-state index in [1.165, 1.54) is 0 Å². The highest BCUT2D eigenvalue weighted by atomic mass is 79.9. The Bertz CT molecular complexity index is 442. The van der Waals surface area contributed by atoms with Crippen molar-refractivity contribution < 1.29 is 4.79 Å². The SMILES string of the molecule is CC1CNC(=O)/C(=N/Nc2ccc(Br)cc2)C1. The zero-order valence-corrected chi connectivity index (χ0v) is 11.1. The van der Waals surface area contributed by atoms with Gasteiger partial charge in [0.25, 0.3) is 5.91 Å². The third-order valence-corrected chi connectivity index (χ3v) is 3.11. The average Bonchev–Trinajstić information content (AvgIpc) is 2.32. The Labute approximate surface area is 109 Å². The van der Waals surface area contributed by atoms with E-state index in [1.54, 1.807) is 0 Å². The van der Waals surface area contributed by atoms with Crippen molar-refractivity contribution in [1.82, 2.24) is 5.32 Å². The van der Waals surface area contributed by atoms with Gasteiger partial charge in [-0.05, 0) is 30.2 Å². The fourth-order valence-corrected chi connectivity index (χ4v) is 1.88. The van der Waals surface area contributed by atoms with Crippen LogP contribution in [0.25, 0.3) is 0 Å². The number of piperidine rings is 1. The summed E-state index contributed by atoms with van der Waals surface area (Å²) in [5.74, 6) is 0.367. The standard InChI is InChI=1S/C12H14BrN3O/c1-8-6-11(12(17)14-7-8)16-15-10-4-2-9(13)3-5-10/h2-5,8,15H,6-7H2,1H3,(H,14,17)/b16-11+. The summed E-state index contributed by atoms with van der Waals surface area (Å²) in [6.45, 7) is 2.82. The molecule has 1 aliphatic rings. The smallest absolute Gasteiger partial charge is 0.267 e. The van der Waals surface area contributed by atoms with E-state index in [-0.39, 0.29) is 5.91 Å². The highest BCUT2D eigenvalue weighted by Gasteiger charge is 2.21. The van der Waals surface area contributed by atoms with Crippen LogP contribution in [0.3, 0.4) is 0 Å². The number of benzene rings is 1. The van der Waals surface area contributed by atoms with Crippen LogP contribution < -0.4 is 10.7 Å². The van der Waals surface area contributed by atoms with Gasteiger partial charge in [-0.3, -0.25) is 10.2 Å². The molecule has 90 valence electrons. The van der Waals surface area contributed by atoms with Crippen LogP contribution in [0.5, 0.6) is 0 Å². The number of hydrogen-bond acceptors (Lipinski definition) is 3. The first-order valence-electron chi connectivity index (χ1n) is 5.51. The fraction of sp³-hybridized carbons (Fsp3) is 0.333. The zero-order valence-electron chi connectivity index (χ0n) is 9.53. The monoisotopic (exact) mass is 295 g/mol. The van der Waals surface area contributed by atoms with Crippen molar-refractivity contribution in [2.75, 3.05) is 12.0 Å². The number of rotatable bonds is 2. The number of amides is 1. The van der Waals surface area contributed by atoms with Gasteiger partial charge in [0.15, 0.2) is 0 Å². The number of anilines is 1. The topological polar surface area (TPSA) is 53.5 Å². The van der Waals surface area contributed by atoms with Gasteiger partial charge in [-0.15, -0.1) is 0 Å². The van der Waals surface area contributed by atoms with Gasteiger partial charge in [-0.2, -0.15) is 5.10 Å². The fourth-order valence-electron chi connectivity index (χ4n) is 1.62. The van der Waals surface area contributed by atoms with E-state index < -0.39 is 0 Å². The van der Waals surface area contributed by atoms with Gasteiger partial charge in [0.1, 0.15) is 5.71 Å². The molecule has 0 aliphatic carbocycles. The summed E-state index contributed by atoms with van der Waals surface area (Å²) >= 11 is 3.36. The molecule has 0 saturated carbocycles. The molecule has 0 spiro atoms. The van der Waals surface area contributed by atoms with Gasteiger partial charge in [-0.25, -0.2) is 0 Å². The summed E-state index contributed by atoms with van der Waals surface area (Å²) in [6, 6.07) is 7.65. The lowest BCUT2D eigenvalue weighted by Crippen LogP contribution is -2.41. The van der Waals surface area contributed by atoms with Crippen molar-refractivity contribution in [2.24, 2.45) is 11.0 Å². The van der Waals surface area contributed by atoms with Gasteiger partial charge < -0.3 is 5.32 Å². The maximum atomic E-state index is 11.5. The Kier molecular flexibility index (Phi) is 3.78. The molecule has 0 aromatic heterocycles. The molecule has 1 atom stereocenters. The molecule has 1 aromatic rings. The molecule has 2 N–H and O–H groups in total. The van der Waals surface area contributed by atoms with Crippen molar-refractivity contribution in [3.63, 3.8) is 0 Å². The number of carbonyl (C=O) groups is 1. The number of nitrogens with one attached hydrogen (secondary N) is 2. The number of carbonyl (C=O) groups excluding carboxylic acids is 1. The quantitative estimate of drug-likeness (QED) is 0.823. The molecule has 1 unspecified atom stereocenters. The van der Waals surface area contributed by atoms with E-state index in [4.69, 9.17) is 0 Å². The van der Waals surface area contributed by atoms with Crippen molar-refractivity contribution in [2.45, 2.75) is 13.3 Å². The van der Waals surface area contributed by atoms with Crippen LogP contribution in [0.2, 0.25) is 0 Å². The molecule has 1 amide bonds. The predicted molar refractivity (Wildman–Crippen MR) is 72.0 cm³/mol. The molecule has 1 aliphatic heterocycles. The zero-order chi connectivity index (χ0) is 12.3. The van der Waals surface area contributed by atoms with Crippen molar-refractivity contribution in [3.8, 4) is 0 Å². The van der Waals surface area contributed by atoms with Crippen LogP contribution in [-0.4, -0.2) is 18.2 Å². The summed E-state index contributed by atoms with van der Waals surface area (Å²) in [5.41, 5.74) is 4.33. The minimum atomic E-state index is -0.0762. The van der Waals surface area contributed by atoms with Crippen molar-refractivity contribution in [3.05, 3.63) is 28.7 Å². The highest BCUT2D eigenvalue weighted by molar-refractivity contribution is 9.10. The summed E-state index contributed by atoms with van der Waals surface area (Å²) in [7, 11) is 0. The van der Waals surface area contributed by atoms with E-state index in [2.05, 4.69) is 38.7 Å². The minimum absolute atomic E-state index is 0.0762. The molecule has 1 fully saturated rings. The van der Waals surface area contributed by atoms with E-state index in [1.807, 2.05) is 24.3 Å². The lowest BCUT2D eigenvalue weighted by atomic mass is 10.00. The molecular formula is C12H14BrN3O. The molecule has 2 rings (SSSR count). The van der Waals surface area contributed by atoms with Gasteiger partial charge >= 0.3 is 0 Å². The van der Waals surface area contributed by atoms with Crippen LogP contribution in [-0.2, 0) is 4.79 Å². The van der Waals surface area contributed by atoms with Crippen LogP contribution >= 0.6 is 15.9 Å². The Morgan fingerprint density at radius 3 is 2.82 bits per heavy atom. The van der Waals surface area contributed by atoms with E-state index in [0.717, 1.165) is 23.1 Å². The minimum Gasteiger partial charge on any atom is -0.351 e. The van der Waals surface area contributed by atoms with Gasteiger partial charge in [0, 0.05) is 17.4 Å². The molecule has 0 bridgehead atoms. The maximum absolute atomic E-state index is 11.5. The first-order chi connectivity index (χ1) is 8.15. The molecule has 1 aromatic carbocycles. The van der Waals surface area contributed by atoms with Crippen molar-refractivity contribution >= 4 is 33.2 Å².